The maximum absolute atomic E-state index is 13.7. The third-order valence-corrected chi connectivity index (χ3v) is 10.3. The summed E-state index contributed by atoms with van der Waals surface area (Å²) in [4.78, 5) is 160. The predicted molar refractivity (Wildman–Crippen MR) is 216 cm³/mol. The molecule has 2 fully saturated rings. The monoisotopic (exact) mass is 870 g/mol. The number of unbranched alkanes of at least 4 members (excludes halogenated alkanes) is 2. The zero-order valence-electron chi connectivity index (χ0n) is 35.5. The van der Waals surface area contributed by atoms with Gasteiger partial charge in [-0.3, -0.25) is 57.7 Å². The summed E-state index contributed by atoms with van der Waals surface area (Å²) < 4.78 is 10.4. The van der Waals surface area contributed by atoms with E-state index in [0.29, 0.717) is 38.9 Å². The van der Waals surface area contributed by atoms with Crippen LogP contribution in [0.3, 0.4) is 0 Å². The van der Waals surface area contributed by atoms with Crippen molar-refractivity contribution in [3.05, 3.63) is 58.7 Å². The predicted octanol–water partition coefficient (Wildman–Crippen LogP) is 4.31. The second kappa shape index (κ2) is 17.3. The van der Waals surface area contributed by atoms with Crippen molar-refractivity contribution in [1.29, 1.82) is 0 Å². The molecule has 2 saturated heterocycles. The first-order valence-corrected chi connectivity index (χ1v) is 20.3. The SMILES string of the molecule is CC(C)(C)OC(=O)N1C(=O)CCC(N2C(=O)c3cccc(NC(=O)CCCCCC(=O)Nc4cccc5c4C(=O)N(C4CCC(=O)N(C(=O)OC(C)(C)C)C4=O)C5=O)c3C2=O)C1=O. The van der Waals surface area contributed by atoms with Gasteiger partial charge in [0.15, 0.2) is 0 Å². The molecular weight excluding hydrogens is 825 g/mol. The van der Waals surface area contributed by atoms with Gasteiger partial charge >= 0.3 is 12.2 Å². The van der Waals surface area contributed by atoms with Crippen LogP contribution in [0.15, 0.2) is 36.4 Å². The highest BCUT2D eigenvalue weighted by Crippen LogP contribution is 2.36. The Bertz CT molecular complexity index is 2230. The smallest absolute Gasteiger partial charge is 0.424 e. The van der Waals surface area contributed by atoms with Crippen molar-refractivity contribution in [2.24, 2.45) is 0 Å². The van der Waals surface area contributed by atoms with Gasteiger partial charge in [-0.15, -0.1) is 0 Å². The number of nitrogens with zero attached hydrogens (tertiary/aromatic N) is 4. The molecule has 0 saturated carbocycles. The number of carbonyl (C=O) groups is 12. The average Bonchev–Trinajstić information content (AvgIpc) is 3.58. The van der Waals surface area contributed by atoms with E-state index in [1.165, 1.54) is 36.4 Å². The number of carbonyl (C=O) groups excluding carboxylic acids is 12. The molecule has 0 bridgehead atoms. The van der Waals surface area contributed by atoms with Gasteiger partial charge in [0.1, 0.15) is 23.3 Å². The summed E-state index contributed by atoms with van der Waals surface area (Å²) in [6.07, 6.45) is -2.57. The Morgan fingerprint density at radius 2 is 0.921 bits per heavy atom. The molecule has 2 atom stereocenters. The van der Waals surface area contributed by atoms with Crippen LogP contribution in [0.1, 0.15) is 141 Å². The molecule has 0 aromatic heterocycles. The van der Waals surface area contributed by atoms with Crippen molar-refractivity contribution in [2.75, 3.05) is 10.6 Å². The Morgan fingerprint density at radius 3 is 1.27 bits per heavy atom. The number of benzene rings is 2. The van der Waals surface area contributed by atoms with E-state index in [4.69, 9.17) is 9.47 Å². The van der Waals surface area contributed by atoms with Crippen LogP contribution < -0.4 is 10.6 Å². The normalized spacial score (nSPS) is 19.1. The van der Waals surface area contributed by atoms with E-state index < -0.39 is 94.5 Å². The molecule has 63 heavy (non-hydrogen) atoms. The van der Waals surface area contributed by atoms with E-state index in [1.807, 2.05) is 0 Å². The Hall–Kier alpha value is -7.12. The van der Waals surface area contributed by atoms with Gasteiger partial charge in [0.25, 0.3) is 35.4 Å². The molecule has 332 valence electrons. The minimum Gasteiger partial charge on any atom is -0.443 e. The van der Waals surface area contributed by atoms with Crippen LogP contribution in [0, 0.1) is 0 Å². The van der Waals surface area contributed by atoms with Crippen LogP contribution in [0.25, 0.3) is 0 Å². The van der Waals surface area contributed by atoms with Gasteiger partial charge in [0, 0.05) is 25.7 Å². The molecule has 12 amide bonds. The number of hydrogen-bond acceptors (Lipinski definition) is 14. The lowest BCUT2D eigenvalue weighted by Crippen LogP contribution is -2.58. The first-order chi connectivity index (χ1) is 29.5. The Morgan fingerprint density at radius 1 is 0.556 bits per heavy atom. The summed E-state index contributed by atoms with van der Waals surface area (Å²) in [7, 11) is 0. The third-order valence-electron chi connectivity index (χ3n) is 10.3. The molecule has 0 spiro atoms. The van der Waals surface area contributed by atoms with Crippen molar-refractivity contribution < 1.29 is 67.0 Å². The number of nitrogens with one attached hydrogen (secondary N) is 2. The van der Waals surface area contributed by atoms with Crippen LogP contribution in [0.4, 0.5) is 21.0 Å². The van der Waals surface area contributed by atoms with Gasteiger partial charge < -0.3 is 20.1 Å². The van der Waals surface area contributed by atoms with Crippen LogP contribution in [0.5, 0.6) is 0 Å². The van der Waals surface area contributed by atoms with E-state index in [2.05, 4.69) is 10.6 Å². The summed E-state index contributed by atoms with van der Waals surface area (Å²) in [5, 5.41) is 5.26. The minimum atomic E-state index is -1.47. The lowest BCUT2D eigenvalue weighted by molar-refractivity contribution is -0.151. The highest BCUT2D eigenvalue weighted by Gasteiger charge is 2.52. The lowest BCUT2D eigenvalue weighted by atomic mass is 10.0. The third kappa shape index (κ3) is 9.24. The second-order valence-electron chi connectivity index (χ2n) is 17.3. The van der Waals surface area contributed by atoms with Crippen molar-refractivity contribution in [3.63, 3.8) is 0 Å². The van der Waals surface area contributed by atoms with Gasteiger partial charge in [-0.25, -0.2) is 9.59 Å². The molecule has 2 aromatic carbocycles. The number of likely N-dealkylation sites (tertiary alicyclic amines) is 2. The standard InChI is InChI=1S/C43H46N6O14/c1-42(2,3)62-40(60)48-30(52)20-18-26(36(48)56)46-34(54)22-12-10-14-24(32(22)38(46)58)44-28(50)16-8-7-9-17-29(51)45-25-15-11-13-23-33(25)39(59)47(35(23)55)27-19-21-31(53)49(37(27)57)41(61)63-43(4,5)6/h10-15,26-27H,7-9,16-21H2,1-6H3,(H,44,50)(H,45,51). The maximum atomic E-state index is 13.7. The van der Waals surface area contributed by atoms with Crippen molar-refractivity contribution >= 4 is 82.6 Å². The topological polar surface area (TPSA) is 260 Å². The summed E-state index contributed by atoms with van der Waals surface area (Å²) >= 11 is 0. The van der Waals surface area contributed by atoms with Gasteiger partial charge in [0.05, 0.1) is 33.6 Å². The van der Waals surface area contributed by atoms with Gasteiger partial charge in [-0.2, -0.15) is 9.80 Å². The molecule has 4 aliphatic rings. The van der Waals surface area contributed by atoms with Crippen LogP contribution in [0.2, 0.25) is 0 Å². The molecule has 20 nitrogen and oxygen atoms in total. The molecule has 2 N–H and O–H groups in total. The molecule has 4 heterocycles. The maximum Gasteiger partial charge on any atom is 0.424 e. The van der Waals surface area contributed by atoms with Gasteiger partial charge in [-0.1, -0.05) is 18.6 Å². The molecule has 4 aliphatic heterocycles. The summed E-state index contributed by atoms with van der Waals surface area (Å²) in [6, 6.07) is 5.50. The summed E-state index contributed by atoms with van der Waals surface area (Å²) in [5.74, 6) is -8.30. The van der Waals surface area contributed by atoms with Crippen molar-refractivity contribution in [2.45, 2.75) is 123 Å². The number of fused-ring (bicyclic) bond motifs is 2. The molecule has 0 radical (unpaired) electrons. The minimum absolute atomic E-state index is 0.0183. The molecule has 0 aliphatic carbocycles. The van der Waals surface area contributed by atoms with Crippen LogP contribution in [-0.4, -0.2) is 114 Å². The molecule has 20 heteroatoms. The van der Waals surface area contributed by atoms with Crippen LogP contribution in [-0.2, 0) is 38.2 Å². The number of hydrogen-bond donors (Lipinski definition) is 2. The van der Waals surface area contributed by atoms with E-state index in [9.17, 15) is 57.5 Å². The molecule has 2 aromatic rings. The Balaban J connectivity index is 1.01. The quantitative estimate of drug-likeness (QED) is 0.249. The van der Waals surface area contributed by atoms with Gasteiger partial charge in [-0.05, 0) is 91.5 Å². The molecule has 6 rings (SSSR count). The molecule has 2 unspecified atom stereocenters. The lowest BCUT2D eigenvalue weighted by Gasteiger charge is -2.34. The van der Waals surface area contributed by atoms with E-state index in [-0.39, 0.29) is 72.2 Å². The number of piperidine rings is 2. The van der Waals surface area contributed by atoms with Crippen LogP contribution >= 0.6 is 0 Å². The first-order valence-electron chi connectivity index (χ1n) is 20.3. The Kier molecular flexibility index (Phi) is 12.5. The number of anilines is 2. The zero-order valence-corrected chi connectivity index (χ0v) is 35.5. The Labute approximate surface area is 360 Å². The number of rotatable bonds is 10. The average molecular weight is 871 g/mol. The number of amides is 12. The second-order valence-corrected chi connectivity index (χ2v) is 17.3. The number of imide groups is 8. The van der Waals surface area contributed by atoms with E-state index >= 15 is 0 Å². The van der Waals surface area contributed by atoms with E-state index in [1.54, 1.807) is 41.5 Å². The van der Waals surface area contributed by atoms with Gasteiger partial charge in [0.2, 0.25) is 23.6 Å². The van der Waals surface area contributed by atoms with E-state index in [0.717, 1.165) is 0 Å². The highest BCUT2D eigenvalue weighted by atomic mass is 16.6. The highest BCUT2D eigenvalue weighted by molar-refractivity contribution is 6.28. The fourth-order valence-electron chi connectivity index (χ4n) is 7.57. The first kappa shape index (κ1) is 45.4. The summed E-state index contributed by atoms with van der Waals surface area (Å²) in [6.45, 7) is 9.28. The molecular formula is C43H46N6O14. The number of ether oxygens (including phenoxy) is 2. The van der Waals surface area contributed by atoms with Crippen molar-refractivity contribution in [3.8, 4) is 0 Å². The largest absolute Gasteiger partial charge is 0.443 e. The van der Waals surface area contributed by atoms with Crippen molar-refractivity contribution in [1.82, 2.24) is 19.6 Å². The fraction of sp³-hybridized carbons (Fsp3) is 0.442. The zero-order chi connectivity index (χ0) is 46.3. The fourth-order valence-corrected chi connectivity index (χ4v) is 7.57. The summed E-state index contributed by atoms with van der Waals surface area (Å²) in [5.41, 5.74) is -2.50.